The molecule has 0 fully saturated rings. The van der Waals surface area contributed by atoms with Gasteiger partial charge in [0, 0.05) is 12.1 Å². The molecule has 0 saturated heterocycles. The van der Waals surface area contributed by atoms with Gasteiger partial charge in [0.2, 0.25) is 0 Å². The zero-order valence-electron chi connectivity index (χ0n) is 5.74. The molecule has 50 valence electrons. The number of nitrogens with one attached hydrogen (secondary N) is 1. The van der Waals surface area contributed by atoms with Crippen LogP contribution < -0.4 is 5.32 Å². The van der Waals surface area contributed by atoms with Gasteiger partial charge in [-0.2, -0.15) is 0 Å². The summed E-state index contributed by atoms with van der Waals surface area (Å²) in [6.07, 6.45) is 0. The minimum Gasteiger partial charge on any atom is -0.309 e. The maximum absolute atomic E-state index is 11.7. The zero-order chi connectivity index (χ0) is 6.57. The van der Waals surface area contributed by atoms with Gasteiger partial charge in [-0.05, 0) is 6.92 Å². The van der Waals surface area contributed by atoms with Crippen molar-refractivity contribution >= 4 is 0 Å². The van der Waals surface area contributed by atoms with E-state index < -0.39 is 0 Å². The van der Waals surface area contributed by atoms with Crippen molar-refractivity contribution in [2.75, 3.05) is 6.67 Å². The average molecular weight is 119 g/mol. The molecular weight excluding hydrogens is 105 g/mol. The predicted octanol–water partition coefficient (Wildman–Crippen LogP) is 1.34. The van der Waals surface area contributed by atoms with Gasteiger partial charge in [-0.15, -0.1) is 0 Å². The van der Waals surface area contributed by atoms with Crippen molar-refractivity contribution in [2.45, 2.75) is 32.9 Å². The van der Waals surface area contributed by atoms with Crippen LogP contribution in [0.1, 0.15) is 20.8 Å². The summed E-state index contributed by atoms with van der Waals surface area (Å²) in [7, 11) is 0. The first-order chi connectivity index (χ1) is 3.66. The molecule has 0 aliphatic heterocycles. The minimum absolute atomic E-state index is 0.00926. The molecule has 0 aliphatic rings. The summed E-state index contributed by atoms with van der Waals surface area (Å²) in [5, 5.41) is 3.02. The van der Waals surface area contributed by atoms with Crippen LogP contribution in [0.5, 0.6) is 0 Å². The van der Waals surface area contributed by atoms with Crippen LogP contribution in [0, 0.1) is 0 Å². The van der Waals surface area contributed by atoms with Gasteiger partial charge in [-0.25, -0.2) is 4.39 Å². The molecule has 0 radical (unpaired) electrons. The number of rotatable bonds is 3. The van der Waals surface area contributed by atoms with Crippen LogP contribution in [0.15, 0.2) is 0 Å². The van der Waals surface area contributed by atoms with E-state index >= 15 is 0 Å². The Hall–Kier alpha value is -0.110. The third kappa shape index (κ3) is 4.06. The van der Waals surface area contributed by atoms with E-state index in [1.807, 2.05) is 20.8 Å². The number of halogens is 1. The highest BCUT2D eigenvalue weighted by atomic mass is 19.1. The van der Waals surface area contributed by atoms with E-state index in [4.69, 9.17) is 0 Å². The monoisotopic (exact) mass is 119 g/mol. The summed E-state index contributed by atoms with van der Waals surface area (Å²) in [6, 6.07) is 0.399. The first-order valence-corrected chi connectivity index (χ1v) is 2.98. The zero-order valence-corrected chi connectivity index (χ0v) is 5.74. The molecule has 1 atom stereocenters. The first-order valence-electron chi connectivity index (χ1n) is 2.98. The molecule has 2 heteroatoms. The highest BCUT2D eigenvalue weighted by molar-refractivity contribution is 4.60. The molecule has 0 amide bonds. The second-order valence-electron chi connectivity index (χ2n) is 2.38. The Kier molecular flexibility index (Phi) is 3.79. The summed E-state index contributed by atoms with van der Waals surface area (Å²) in [5.41, 5.74) is 0. The van der Waals surface area contributed by atoms with Crippen LogP contribution >= 0.6 is 0 Å². The lowest BCUT2D eigenvalue weighted by molar-refractivity contribution is 0.373. The summed E-state index contributed by atoms with van der Waals surface area (Å²) in [4.78, 5) is 0. The molecule has 0 spiro atoms. The molecule has 8 heavy (non-hydrogen) atoms. The van der Waals surface area contributed by atoms with Crippen molar-refractivity contribution in [2.24, 2.45) is 0 Å². The summed E-state index contributed by atoms with van der Waals surface area (Å²) < 4.78 is 11.7. The molecule has 0 aromatic rings. The third-order valence-electron chi connectivity index (χ3n) is 0.849. The Balaban J connectivity index is 3.10. The van der Waals surface area contributed by atoms with Crippen LogP contribution in [0.4, 0.5) is 4.39 Å². The molecule has 0 rings (SSSR count). The third-order valence-corrected chi connectivity index (χ3v) is 0.849. The molecule has 0 aromatic carbocycles. The lowest BCUT2D eigenvalue weighted by Gasteiger charge is -2.11. The molecule has 1 nitrogen and oxygen atoms in total. The molecule has 0 bridgehead atoms. The topological polar surface area (TPSA) is 12.0 Å². The largest absolute Gasteiger partial charge is 0.309 e. The van der Waals surface area contributed by atoms with Crippen LogP contribution in [0.25, 0.3) is 0 Å². The van der Waals surface area contributed by atoms with Crippen LogP contribution in [0.2, 0.25) is 0 Å². The fourth-order valence-corrected chi connectivity index (χ4v) is 0.614. The van der Waals surface area contributed by atoms with Crippen molar-refractivity contribution in [3.63, 3.8) is 0 Å². The van der Waals surface area contributed by atoms with Gasteiger partial charge >= 0.3 is 0 Å². The van der Waals surface area contributed by atoms with Crippen LogP contribution in [-0.2, 0) is 0 Å². The molecule has 1 unspecified atom stereocenters. The summed E-state index contributed by atoms with van der Waals surface area (Å²) in [5.74, 6) is 0. The van der Waals surface area contributed by atoms with Crippen molar-refractivity contribution < 1.29 is 4.39 Å². The second-order valence-corrected chi connectivity index (χ2v) is 2.38. The Morgan fingerprint density at radius 2 is 1.88 bits per heavy atom. The lowest BCUT2D eigenvalue weighted by Crippen LogP contribution is -2.33. The van der Waals surface area contributed by atoms with Gasteiger partial charge in [-0.3, -0.25) is 0 Å². The number of hydrogen-bond donors (Lipinski definition) is 1. The van der Waals surface area contributed by atoms with Gasteiger partial charge in [0.1, 0.15) is 6.67 Å². The van der Waals surface area contributed by atoms with Crippen LogP contribution in [-0.4, -0.2) is 18.8 Å². The Labute approximate surface area is 50.3 Å². The quantitative estimate of drug-likeness (QED) is 0.591. The Morgan fingerprint density at radius 1 is 1.38 bits per heavy atom. The molecule has 0 aliphatic carbocycles. The van der Waals surface area contributed by atoms with E-state index in [9.17, 15) is 4.39 Å². The fourth-order valence-electron chi connectivity index (χ4n) is 0.614. The average Bonchev–Trinajstić information content (AvgIpc) is 1.65. The van der Waals surface area contributed by atoms with E-state index in [2.05, 4.69) is 5.32 Å². The summed E-state index contributed by atoms with van der Waals surface area (Å²) in [6.45, 7) is 5.57. The first kappa shape index (κ1) is 7.89. The molecule has 0 heterocycles. The highest BCUT2D eigenvalue weighted by Crippen LogP contribution is 1.85. The Bertz CT molecular complexity index is 54.5. The van der Waals surface area contributed by atoms with Gasteiger partial charge in [0.15, 0.2) is 0 Å². The van der Waals surface area contributed by atoms with Gasteiger partial charge in [-0.1, -0.05) is 13.8 Å². The highest BCUT2D eigenvalue weighted by Gasteiger charge is 1.99. The van der Waals surface area contributed by atoms with Crippen LogP contribution in [0.3, 0.4) is 0 Å². The molecular formula is C6H14FN. The maximum Gasteiger partial charge on any atom is 0.104 e. The maximum atomic E-state index is 11.7. The van der Waals surface area contributed by atoms with Crippen molar-refractivity contribution in [3.05, 3.63) is 0 Å². The smallest absolute Gasteiger partial charge is 0.104 e. The lowest BCUT2D eigenvalue weighted by atomic mass is 10.3. The van der Waals surface area contributed by atoms with E-state index in [1.54, 1.807) is 0 Å². The van der Waals surface area contributed by atoms with Crippen molar-refractivity contribution in [1.82, 2.24) is 5.32 Å². The van der Waals surface area contributed by atoms with Crippen molar-refractivity contribution in [3.8, 4) is 0 Å². The predicted molar refractivity (Wildman–Crippen MR) is 33.7 cm³/mol. The summed E-state index contributed by atoms with van der Waals surface area (Å²) >= 11 is 0. The normalized spacial score (nSPS) is 14.6. The van der Waals surface area contributed by atoms with Gasteiger partial charge in [0.05, 0.1) is 0 Å². The van der Waals surface area contributed by atoms with E-state index in [1.165, 1.54) is 0 Å². The molecule has 0 saturated carbocycles. The fraction of sp³-hybridized carbons (Fsp3) is 1.00. The SMILES string of the molecule is CC(C)NC(C)CF. The Morgan fingerprint density at radius 3 is 2.00 bits per heavy atom. The molecule has 0 aromatic heterocycles. The van der Waals surface area contributed by atoms with E-state index in [0.717, 1.165) is 0 Å². The second kappa shape index (κ2) is 3.84. The standard InChI is InChI=1S/C6H14FN/c1-5(2)8-6(3)4-7/h5-6,8H,4H2,1-3H3. The minimum atomic E-state index is -0.280. The van der Waals surface area contributed by atoms with E-state index in [-0.39, 0.29) is 12.7 Å². The number of alkyl halides is 1. The van der Waals surface area contributed by atoms with Gasteiger partial charge < -0.3 is 5.32 Å². The van der Waals surface area contributed by atoms with Gasteiger partial charge in [0.25, 0.3) is 0 Å². The molecule has 1 N–H and O–H groups in total. The number of hydrogen-bond acceptors (Lipinski definition) is 1. The van der Waals surface area contributed by atoms with Crippen molar-refractivity contribution in [1.29, 1.82) is 0 Å². The van der Waals surface area contributed by atoms with E-state index in [0.29, 0.717) is 6.04 Å².